The van der Waals surface area contributed by atoms with E-state index in [0.29, 0.717) is 0 Å². The lowest BCUT2D eigenvalue weighted by Crippen LogP contribution is -2.48. The molecule has 3 N–H and O–H groups in total. The highest BCUT2D eigenvalue weighted by Crippen LogP contribution is 2.33. The molecular formula is C16H23BrN+. The van der Waals surface area contributed by atoms with Gasteiger partial charge in [-0.05, 0) is 30.0 Å². The minimum Gasteiger partial charge on any atom is -0.354 e. The highest BCUT2D eigenvalue weighted by molar-refractivity contribution is 9.11. The van der Waals surface area contributed by atoms with E-state index in [4.69, 9.17) is 0 Å². The average molecular weight is 309 g/mol. The Hall–Kier alpha value is -0.860. The fraction of sp³-hybridized carbons (Fsp3) is 0.375. The predicted octanol–water partition coefficient (Wildman–Crippen LogP) is 3.95. The van der Waals surface area contributed by atoms with Crippen molar-refractivity contribution in [2.75, 3.05) is 0 Å². The first kappa shape index (κ1) is 15.2. The molecule has 1 aromatic rings. The second kappa shape index (κ2) is 6.35. The third-order valence-electron chi connectivity index (χ3n) is 3.56. The lowest BCUT2D eigenvalue weighted by molar-refractivity contribution is -0.386. The molecule has 0 saturated carbocycles. The van der Waals surface area contributed by atoms with Crippen LogP contribution in [0.2, 0.25) is 0 Å². The summed E-state index contributed by atoms with van der Waals surface area (Å²) in [4.78, 5) is 1.96. The van der Waals surface area contributed by atoms with Crippen molar-refractivity contribution >= 4 is 15.9 Å². The van der Waals surface area contributed by atoms with Gasteiger partial charge in [-0.25, -0.2) is 0 Å². The van der Waals surface area contributed by atoms with Crippen LogP contribution in [0.4, 0.5) is 0 Å². The minimum atomic E-state index is 0.0333. The van der Waals surface area contributed by atoms with Crippen LogP contribution in [0.25, 0.3) is 0 Å². The molecule has 0 bridgehead atoms. The van der Waals surface area contributed by atoms with Gasteiger partial charge in [0, 0.05) is 11.0 Å². The van der Waals surface area contributed by atoms with E-state index in [1.165, 1.54) is 22.3 Å². The maximum absolute atomic E-state index is 4.03. The zero-order chi connectivity index (χ0) is 13.8. The number of rotatable bonds is 4. The van der Waals surface area contributed by atoms with Crippen LogP contribution in [0.3, 0.4) is 0 Å². The first-order valence-corrected chi connectivity index (χ1v) is 7.18. The van der Waals surface area contributed by atoms with E-state index in [9.17, 15) is 0 Å². The van der Waals surface area contributed by atoms with E-state index in [0.717, 1.165) is 6.54 Å². The zero-order valence-electron chi connectivity index (χ0n) is 11.8. The van der Waals surface area contributed by atoms with Crippen molar-refractivity contribution in [3.63, 3.8) is 0 Å². The Morgan fingerprint density at radius 3 is 2.44 bits per heavy atom. The van der Waals surface area contributed by atoms with Crippen LogP contribution in [-0.4, -0.2) is 0 Å². The van der Waals surface area contributed by atoms with Crippen LogP contribution in [0.15, 0.2) is 46.5 Å². The van der Waals surface area contributed by atoms with Crippen molar-refractivity contribution in [3.8, 4) is 0 Å². The van der Waals surface area contributed by atoms with Gasteiger partial charge in [0.2, 0.25) is 0 Å². The van der Waals surface area contributed by atoms with Gasteiger partial charge in [-0.15, -0.1) is 0 Å². The molecule has 0 amide bonds. The van der Waals surface area contributed by atoms with E-state index >= 15 is 0 Å². The van der Waals surface area contributed by atoms with E-state index in [1.807, 2.05) is 4.99 Å². The second-order valence-corrected chi connectivity index (χ2v) is 5.67. The highest BCUT2D eigenvalue weighted by atomic mass is 79.9. The van der Waals surface area contributed by atoms with Gasteiger partial charge < -0.3 is 5.73 Å². The standard InChI is InChI=1S/C16H22BrN/c1-12(10-17)9-13(2)16(3,4)15-8-6-5-7-14(15)11-18/h5-10H,11,18H2,1-4H3/p+1. The molecule has 0 heterocycles. The molecule has 0 aliphatic rings. The molecule has 2 heteroatoms. The Kier molecular flexibility index (Phi) is 5.36. The molecular weight excluding hydrogens is 286 g/mol. The van der Waals surface area contributed by atoms with E-state index in [-0.39, 0.29) is 5.41 Å². The van der Waals surface area contributed by atoms with E-state index in [2.05, 4.69) is 79.7 Å². The van der Waals surface area contributed by atoms with Gasteiger partial charge in [0.15, 0.2) is 0 Å². The molecule has 0 aromatic heterocycles. The molecule has 1 rings (SSSR count). The maximum Gasteiger partial charge on any atom is 0.1000 e. The Balaban J connectivity index is 3.24. The molecule has 0 radical (unpaired) electrons. The van der Waals surface area contributed by atoms with Gasteiger partial charge in [0.1, 0.15) is 0 Å². The van der Waals surface area contributed by atoms with Gasteiger partial charge in [-0.1, -0.05) is 65.7 Å². The molecule has 98 valence electrons. The summed E-state index contributed by atoms with van der Waals surface area (Å²) >= 11 is 3.38. The summed E-state index contributed by atoms with van der Waals surface area (Å²) in [5.74, 6) is 0. The summed E-state index contributed by atoms with van der Waals surface area (Å²) in [7, 11) is 0. The number of halogens is 1. The number of hydrogen-bond acceptors (Lipinski definition) is 0. The Labute approximate surface area is 119 Å². The van der Waals surface area contributed by atoms with Crippen molar-refractivity contribution in [1.82, 2.24) is 0 Å². The fourth-order valence-corrected chi connectivity index (χ4v) is 2.25. The van der Waals surface area contributed by atoms with Crippen LogP contribution in [0.1, 0.15) is 38.8 Å². The van der Waals surface area contributed by atoms with Crippen molar-refractivity contribution < 1.29 is 5.73 Å². The second-order valence-electron chi connectivity index (χ2n) is 5.21. The molecule has 0 saturated heterocycles. The van der Waals surface area contributed by atoms with E-state index in [1.54, 1.807) is 0 Å². The highest BCUT2D eigenvalue weighted by Gasteiger charge is 2.25. The number of quaternary nitrogens is 1. The van der Waals surface area contributed by atoms with Crippen molar-refractivity contribution in [3.05, 3.63) is 57.6 Å². The molecule has 1 nitrogen and oxygen atoms in total. The molecule has 1 aromatic carbocycles. The lowest BCUT2D eigenvalue weighted by Gasteiger charge is -2.28. The van der Waals surface area contributed by atoms with Crippen LogP contribution in [-0.2, 0) is 12.0 Å². The molecule has 0 atom stereocenters. The zero-order valence-corrected chi connectivity index (χ0v) is 13.3. The predicted molar refractivity (Wildman–Crippen MR) is 82.5 cm³/mol. The fourth-order valence-electron chi connectivity index (χ4n) is 2.11. The molecule has 0 spiro atoms. The maximum atomic E-state index is 4.03. The van der Waals surface area contributed by atoms with Gasteiger partial charge in [-0.2, -0.15) is 0 Å². The lowest BCUT2D eigenvalue weighted by atomic mass is 9.75. The number of benzene rings is 1. The quantitative estimate of drug-likeness (QED) is 0.816. The molecule has 0 aliphatic heterocycles. The first-order chi connectivity index (χ1) is 8.43. The summed E-state index contributed by atoms with van der Waals surface area (Å²) in [6, 6.07) is 8.58. The third kappa shape index (κ3) is 3.33. The van der Waals surface area contributed by atoms with E-state index < -0.39 is 0 Å². The Morgan fingerprint density at radius 1 is 1.28 bits per heavy atom. The van der Waals surface area contributed by atoms with Crippen LogP contribution in [0, 0.1) is 0 Å². The Morgan fingerprint density at radius 2 is 1.89 bits per heavy atom. The summed E-state index contributed by atoms with van der Waals surface area (Å²) in [6.45, 7) is 9.67. The molecule has 18 heavy (non-hydrogen) atoms. The SMILES string of the molecule is CC(=CBr)C=C(C)C(C)(C)c1ccccc1C[NH3+]. The molecule has 0 unspecified atom stereocenters. The Bertz CT molecular complexity index is 470. The van der Waals surface area contributed by atoms with Crippen molar-refractivity contribution in [2.45, 2.75) is 39.7 Å². The van der Waals surface area contributed by atoms with Gasteiger partial charge in [0.05, 0.1) is 6.54 Å². The van der Waals surface area contributed by atoms with Crippen LogP contribution >= 0.6 is 15.9 Å². The monoisotopic (exact) mass is 308 g/mol. The molecule has 0 aliphatic carbocycles. The van der Waals surface area contributed by atoms with Crippen molar-refractivity contribution in [2.24, 2.45) is 0 Å². The number of hydrogen-bond donors (Lipinski definition) is 1. The van der Waals surface area contributed by atoms with Gasteiger partial charge in [-0.3, -0.25) is 0 Å². The largest absolute Gasteiger partial charge is 0.354 e. The smallest absolute Gasteiger partial charge is 0.1000 e. The normalized spacial score (nSPS) is 13.9. The summed E-state index contributed by atoms with van der Waals surface area (Å²) in [5.41, 5.74) is 9.35. The summed E-state index contributed by atoms with van der Waals surface area (Å²) in [6.07, 6.45) is 2.23. The van der Waals surface area contributed by atoms with Crippen LogP contribution in [0.5, 0.6) is 0 Å². The van der Waals surface area contributed by atoms with Crippen molar-refractivity contribution in [1.29, 1.82) is 0 Å². The van der Waals surface area contributed by atoms with Gasteiger partial charge in [0.25, 0.3) is 0 Å². The minimum absolute atomic E-state index is 0.0333. The topological polar surface area (TPSA) is 27.6 Å². The first-order valence-electron chi connectivity index (χ1n) is 6.27. The summed E-state index contributed by atoms with van der Waals surface area (Å²) < 4.78 is 0. The van der Waals surface area contributed by atoms with Gasteiger partial charge >= 0.3 is 0 Å². The number of allylic oxidation sites excluding steroid dienone is 3. The third-order valence-corrected chi connectivity index (χ3v) is 4.28. The average Bonchev–Trinajstić information content (AvgIpc) is 2.38. The summed E-state index contributed by atoms with van der Waals surface area (Å²) in [5, 5.41) is 0. The molecule has 0 fully saturated rings. The van der Waals surface area contributed by atoms with Crippen LogP contribution < -0.4 is 5.73 Å².